The Hall–Kier alpha value is -1.87. The number of aryl methyl sites for hydroxylation is 1. The molecule has 0 N–H and O–H groups in total. The molecule has 0 saturated heterocycles. The maximum atomic E-state index is 13.2. The quantitative estimate of drug-likeness (QED) is 0.789. The van der Waals surface area contributed by atoms with E-state index < -0.39 is 5.82 Å². The minimum Gasteiger partial charge on any atom is -0.496 e. The molecule has 0 atom stereocenters. The third kappa shape index (κ3) is 3.17. The Morgan fingerprint density at radius 3 is 2.65 bits per heavy atom. The van der Waals surface area contributed by atoms with Crippen molar-refractivity contribution in [3.05, 3.63) is 63.9 Å². The molecule has 0 heterocycles. The molecule has 0 radical (unpaired) electrons. The highest BCUT2D eigenvalue weighted by Crippen LogP contribution is 2.22. The smallest absolute Gasteiger partial charge is 0.167 e. The van der Waals surface area contributed by atoms with E-state index in [-0.39, 0.29) is 12.2 Å². The largest absolute Gasteiger partial charge is 0.496 e. The van der Waals surface area contributed by atoms with Crippen LogP contribution in [0.2, 0.25) is 5.02 Å². The molecule has 0 spiro atoms. The van der Waals surface area contributed by atoms with Crippen LogP contribution in [0.25, 0.3) is 0 Å². The normalized spacial score (nSPS) is 10.4. The number of benzene rings is 2. The highest BCUT2D eigenvalue weighted by Gasteiger charge is 2.12. The Kier molecular flexibility index (Phi) is 4.40. The molecule has 0 aliphatic carbocycles. The lowest BCUT2D eigenvalue weighted by Crippen LogP contribution is -2.05. The van der Waals surface area contributed by atoms with E-state index in [2.05, 4.69) is 0 Å². The number of Topliss-reactive ketones (excluding diaryl/α,β-unsaturated/α-hetero) is 1. The fourth-order valence-corrected chi connectivity index (χ4v) is 2.19. The molecule has 0 saturated carbocycles. The van der Waals surface area contributed by atoms with Gasteiger partial charge in [-0.15, -0.1) is 0 Å². The standard InChI is InChI=1S/C16H14ClFO2/c1-10-7-11(3-6-16(10)20-2)15(19)9-12-8-13(18)4-5-14(12)17/h3-8H,9H2,1-2H3. The number of halogens is 2. The molecule has 2 aromatic rings. The first-order valence-electron chi connectivity index (χ1n) is 6.13. The average Bonchev–Trinajstić information content (AvgIpc) is 2.42. The Morgan fingerprint density at radius 1 is 1.25 bits per heavy atom. The van der Waals surface area contributed by atoms with Gasteiger partial charge < -0.3 is 4.74 Å². The fraction of sp³-hybridized carbons (Fsp3) is 0.188. The highest BCUT2D eigenvalue weighted by atomic mass is 35.5. The second-order valence-electron chi connectivity index (χ2n) is 4.52. The molecule has 104 valence electrons. The van der Waals surface area contributed by atoms with E-state index in [1.165, 1.54) is 18.2 Å². The van der Waals surface area contributed by atoms with Gasteiger partial charge in [-0.05, 0) is 54.4 Å². The monoisotopic (exact) mass is 292 g/mol. The van der Waals surface area contributed by atoms with Gasteiger partial charge in [-0.1, -0.05) is 11.6 Å². The summed E-state index contributed by atoms with van der Waals surface area (Å²) in [5.41, 5.74) is 1.93. The molecule has 4 heteroatoms. The lowest BCUT2D eigenvalue weighted by molar-refractivity contribution is 0.0993. The first-order chi connectivity index (χ1) is 9.51. The molecule has 0 aliphatic rings. The van der Waals surface area contributed by atoms with Crippen molar-refractivity contribution in [1.82, 2.24) is 0 Å². The van der Waals surface area contributed by atoms with Crippen LogP contribution in [0.1, 0.15) is 21.5 Å². The van der Waals surface area contributed by atoms with Gasteiger partial charge in [0.1, 0.15) is 11.6 Å². The summed E-state index contributed by atoms with van der Waals surface area (Å²) in [6.45, 7) is 1.87. The van der Waals surface area contributed by atoms with Gasteiger partial charge in [-0.25, -0.2) is 4.39 Å². The van der Waals surface area contributed by atoms with E-state index in [9.17, 15) is 9.18 Å². The van der Waals surface area contributed by atoms with Crippen LogP contribution in [0.15, 0.2) is 36.4 Å². The van der Waals surface area contributed by atoms with Gasteiger partial charge in [-0.2, -0.15) is 0 Å². The fourth-order valence-electron chi connectivity index (χ4n) is 2.01. The Balaban J connectivity index is 2.24. The summed E-state index contributed by atoms with van der Waals surface area (Å²) in [6.07, 6.45) is 0.0718. The summed E-state index contributed by atoms with van der Waals surface area (Å²) in [7, 11) is 1.58. The van der Waals surface area contributed by atoms with Gasteiger partial charge in [-0.3, -0.25) is 4.79 Å². The lowest BCUT2D eigenvalue weighted by Gasteiger charge is -2.08. The third-order valence-electron chi connectivity index (χ3n) is 3.08. The summed E-state index contributed by atoms with van der Waals surface area (Å²) in [4.78, 5) is 12.2. The number of hydrogen-bond acceptors (Lipinski definition) is 2. The number of carbonyl (C=O) groups is 1. The SMILES string of the molecule is COc1ccc(C(=O)Cc2cc(F)ccc2Cl)cc1C. The van der Waals surface area contributed by atoms with E-state index in [0.717, 1.165) is 11.3 Å². The average molecular weight is 293 g/mol. The van der Waals surface area contributed by atoms with Gasteiger partial charge in [0, 0.05) is 17.0 Å². The first-order valence-corrected chi connectivity index (χ1v) is 6.51. The van der Waals surface area contributed by atoms with Crippen LogP contribution in [-0.2, 0) is 6.42 Å². The van der Waals surface area contributed by atoms with Crippen molar-refractivity contribution in [2.24, 2.45) is 0 Å². The number of ether oxygens (including phenoxy) is 1. The molecule has 0 bridgehead atoms. The second-order valence-corrected chi connectivity index (χ2v) is 4.93. The Labute approximate surface area is 122 Å². The highest BCUT2D eigenvalue weighted by molar-refractivity contribution is 6.31. The summed E-state index contributed by atoms with van der Waals surface area (Å²) in [5.74, 6) is 0.219. The van der Waals surface area contributed by atoms with Crippen LogP contribution < -0.4 is 4.74 Å². The third-order valence-corrected chi connectivity index (χ3v) is 3.44. The van der Waals surface area contributed by atoms with Gasteiger partial charge in [0.05, 0.1) is 7.11 Å². The van der Waals surface area contributed by atoms with Crippen molar-refractivity contribution in [2.45, 2.75) is 13.3 Å². The lowest BCUT2D eigenvalue weighted by atomic mass is 10.0. The van der Waals surface area contributed by atoms with Crippen molar-refractivity contribution < 1.29 is 13.9 Å². The number of ketones is 1. The van der Waals surface area contributed by atoms with Crippen molar-refractivity contribution in [1.29, 1.82) is 0 Å². The predicted octanol–water partition coefficient (Wildman–Crippen LogP) is 4.22. The van der Waals surface area contributed by atoms with Crippen molar-refractivity contribution in [3.8, 4) is 5.75 Å². The number of methoxy groups -OCH3 is 1. The maximum Gasteiger partial charge on any atom is 0.167 e. The number of rotatable bonds is 4. The van der Waals surface area contributed by atoms with Crippen LogP contribution in [0.5, 0.6) is 5.75 Å². The molecular formula is C16H14ClFO2. The van der Waals surface area contributed by atoms with Crippen molar-refractivity contribution in [2.75, 3.05) is 7.11 Å². The topological polar surface area (TPSA) is 26.3 Å². The molecule has 2 nitrogen and oxygen atoms in total. The minimum absolute atomic E-state index is 0.0718. The minimum atomic E-state index is -0.400. The maximum absolute atomic E-state index is 13.2. The van der Waals surface area contributed by atoms with Crippen LogP contribution in [-0.4, -0.2) is 12.9 Å². The zero-order valence-corrected chi connectivity index (χ0v) is 12.0. The molecule has 0 unspecified atom stereocenters. The number of carbonyl (C=O) groups excluding carboxylic acids is 1. The van der Waals surface area contributed by atoms with E-state index in [1.807, 2.05) is 6.92 Å². The van der Waals surface area contributed by atoms with Crippen LogP contribution in [0.3, 0.4) is 0 Å². The molecule has 2 rings (SSSR count). The van der Waals surface area contributed by atoms with Crippen LogP contribution in [0, 0.1) is 12.7 Å². The Morgan fingerprint density at radius 2 is 2.00 bits per heavy atom. The van der Waals surface area contributed by atoms with Gasteiger partial charge in [0.15, 0.2) is 5.78 Å². The molecule has 0 aliphatic heterocycles. The van der Waals surface area contributed by atoms with Crippen LogP contribution in [0.4, 0.5) is 4.39 Å². The number of hydrogen-bond donors (Lipinski definition) is 0. The molecular weight excluding hydrogens is 279 g/mol. The summed E-state index contributed by atoms with van der Waals surface area (Å²) in [6, 6.07) is 9.22. The molecule has 0 aromatic heterocycles. The zero-order chi connectivity index (χ0) is 14.7. The molecule has 0 amide bonds. The van der Waals surface area contributed by atoms with Gasteiger partial charge in [0.25, 0.3) is 0 Å². The predicted molar refractivity (Wildman–Crippen MR) is 77.2 cm³/mol. The van der Waals surface area contributed by atoms with Gasteiger partial charge >= 0.3 is 0 Å². The molecule has 2 aromatic carbocycles. The van der Waals surface area contributed by atoms with Crippen molar-refractivity contribution >= 4 is 17.4 Å². The van der Waals surface area contributed by atoms with E-state index in [1.54, 1.807) is 25.3 Å². The van der Waals surface area contributed by atoms with Crippen LogP contribution >= 0.6 is 11.6 Å². The van der Waals surface area contributed by atoms with Gasteiger partial charge in [0.2, 0.25) is 0 Å². The van der Waals surface area contributed by atoms with Crippen molar-refractivity contribution in [3.63, 3.8) is 0 Å². The molecule has 0 fully saturated rings. The summed E-state index contributed by atoms with van der Waals surface area (Å²) in [5, 5.41) is 0.394. The van der Waals surface area contributed by atoms with E-state index in [0.29, 0.717) is 16.1 Å². The Bertz CT molecular complexity index is 653. The summed E-state index contributed by atoms with van der Waals surface area (Å²) >= 11 is 5.97. The second kappa shape index (κ2) is 6.06. The zero-order valence-electron chi connectivity index (χ0n) is 11.2. The van der Waals surface area contributed by atoms with E-state index in [4.69, 9.17) is 16.3 Å². The van der Waals surface area contributed by atoms with E-state index >= 15 is 0 Å². The first kappa shape index (κ1) is 14.5. The summed E-state index contributed by atoms with van der Waals surface area (Å²) < 4.78 is 18.3. The molecule has 20 heavy (non-hydrogen) atoms.